The first-order valence-electron chi connectivity index (χ1n) is 14.3. The predicted octanol–water partition coefficient (Wildman–Crippen LogP) is 2.07. The number of unbranched alkanes of at least 4 members (excludes halogenated alkanes) is 1. The largest absolute Gasteiger partial charge is 1.00 e. The fourth-order valence-corrected chi connectivity index (χ4v) is 5.84. The maximum atomic E-state index is 13.2. The molecule has 2 aromatic rings. The number of carbonyl (C=O) groups excluding carboxylic acids is 3. The Morgan fingerprint density at radius 1 is 1.02 bits per heavy atom. The molecule has 0 heterocycles. The second-order valence-electron chi connectivity index (χ2n) is 10.7. The number of nitrogens with one attached hydrogen (secondary N) is 2. The first kappa shape index (κ1) is 34.0. The zero-order valence-electron chi connectivity index (χ0n) is 24.4. The van der Waals surface area contributed by atoms with Crippen LogP contribution in [-0.4, -0.2) is 42.4 Å². The summed E-state index contributed by atoms with van der Waals surface area (Å²) in [5.74, 6) is -0.209. The summed E-state index contributed by atoms with van der Waals surface area (Å²) in [7, 11) is 0. The van der Waals surface area contributed by atoms with Gasteiger partial charge in [0.25, 0.3) is 5.91 Å². The average molecular weight is 559 g/mol. The Morgan fingerprint density at radius 3 is 2.48 bits per heavy atom. The van der Waals surface area contributed by atoms with Crippen LogP contribution in [0.25, 0.3) is 11.1 Å². The Bertz CT molecular complexity index is 1100. The summed E-state index contributed by atoms with van der Waals surface area (Å²) < 4.78 is 0. The van der Waals surface area contributed by atoms with E-state index in [0.29, 0.717) is 30.6 Å². The Kier molecular flexibility index (Phi) is 15.5. The van der Waals surface area contributed by atoms with E-state index in [-0.39, 0.29) is 24.8 Å². The maximum Gasteiger partial charge on any atom is 1.00 e. The van der Waals surface area contributed by atoms with Gasteiger partial charge in [-0.1, -0.05) is 81.3 Å². The predicted molar refractivity (Wildman–Crippen MR) is 158 cm³/mol. The molecule has 0 saturated heterocycles. The monoisotopic (exact) mass is 558 g/mol. The molecule has 212 valence electrons. The second-order valence-corrected chi connectivity index (χ2v) is 11.7. The van der Waals surface area contributed by atoms with E-state index in [4.69, 9.17) is 0 Å². The van der Waals surface area contributed by atoms with Crippen LogP contribution in [0.15, 0.2) is 42.5 Å². The van der Waals surface area contributed by atoms with Crippen molar-refractivity contribution in [2.75, 3.05) is 18.6 Å². The Morgan fingerprint density at radius 2 is 1.77 bits per heavy atom. The molecule has 1 fully saturated rings. The van der Waals surface area contributed by atoms with E-state index < -0.39 is 17.9 Å². The van der Waals surface area contributed by atoms with Gasteiger partial charge in [-0.15, -0.1) is 0 Å². The first-order valence-corrected chi connectivity index (χ1v) is 15.7. The number of thioether (sulfide) groups is 1. The molecule has 0 radical (unpaired) electrons. The summed E-state index contributed by atoms with van der Waals surface area (Å²) in [6.07, 6.45) is 13.5. The molecule has 0 aromatic heterocycles. The number of aliphatic carboxylic acids is 1. The molecule has 2 aromatic carbocycles. The summed E-state index contributed by atoms with van der Waals surface area (Å²) >= 11 is 1.52. The third-order valence-corrected chi connectivity index (χ3v) is 8.34. The van der Waals surface area contributed by atoms with E-state index >= 15 is 0 Å². The van der Waals surface area contributed by atoms with Gasteiger partial charge < -0.3 is 20.5 Å². The number of hydrogen-bond donors (Lipinski definition) is 2. The maximum absolute atomic E-state index is 13.2. The van der Waals surface area contributed by atoms with Crippen LogP contribution in [0.1, 0.15) is 85.7 Å². The molecule has 0 bridgehead atoms. The molecular formula is C32H43LiN2O4S. The van der Waals surface area contributed by atoms with E-state index in [1.165, 1.54) is 56.7 Å². The van der Waals surface area contributed by atoms with Crippen LogP contribution in [0, 0.1) is 12.8 Å². The quantitative estimate of drug-likeness (QED) is 0.258. The van der Waals surface area contributed by atoms with Crippen LogP contribution < -0.4 is 34.6 Å². The molecule has 8 heteroatoms. The summed E-state index contributed by atoms with van der Waals surface area (Å²) in [5, 5.41) is 17.3. The molecule has 0 unspecified atom stereocenters. The van der Waals surface area contributed by atoms with Crippen molar-refractivity contribution in [3.63, 3.8) is 0 Å². The topological polar surface area (TPSA) is 98.3 Å². The number of aryl methyl sites for hydroxylation is 2. The van der Waals surface area contributed by atoms with E-state index in [0.717, 1.165) is 41.1 Å². The number of carbonyl (C=O) groups is 3. The Labute approximate surface area is 256 Å². The second kappa shape index (κ2) is 18.3. The molecule has 1 aliphatic rings. The van der Waals surface area contributed by atoms with Gasteiger partial charge in [-0.3, -0.25) is 9.59 Å². The molecule has 0 spiro atoms. The van der Waals surface area contributed by atoms with Crippen molar-refractivity contribution in [2.45, 2.75) is 83.6 Å². The van der Waals surface area contributed by atoms with Gasteiger partial charge in [-0.2, -0.15) is 11.8 Å². The molecule has 1 aliphatic carbocycles. The number of rotatable bonds is 15. The standard InChI is InChI=1S/C32H44N2O4S.Li/c1-23-10-6-7-14-26(23)28-22-25(15-17-27(28)31(36)34-29(32(37)38)19-21-39-2)16-18-30(35)33-20-9-8-13-24-11-4-3-5-12-24;/h6-7,10,14-15,17,22,24,29H,3-5,8-9,11-13,16,18-21H2,1-2H3,(H,33,35)(H,34,36)(H,37,38);/q;+1/p-1/t29-;/m0./s1. The number of hydrogen-bond acceptors (Lipinski definition) is 5. The summed E-state index contributed by atoms with van der Waals surface area (Å²) in [4.78, 5) is 37.3. The molecule has 2 N–H and O–H groups in total. The van der Waals surface area contributed by atoms with Crippen molar-refractivity contribution in [1.29, 1.82) is 0 Å². The zero-order valence-corrected chi connectivity index (χ0v) is 25.2. The SMILES string of the molecule is CSCC[C@H](NC(=O)c1ccc(CCC(=O)NCCCCC2CCCCC2)cc1-c1ccccc1C)C(=O)[O-].[Li+]. The number of carboxylic acids is 1. The van der Waals surface area contributed by atoms with Gasteiger partial charge in [-0.25, -0.2) is 0 Å². The van der Waals surface area contributed by atoms with E-state index in [9.17, 15) is 19.5 Å². The van der Waals surface area contributed by atoms with Crippen LogP contribution in [0.4, 0.5) is 0 Å². The van der Waals surface area contributed by atoms with E-state index in [1.54, 1.807) is 6.07 Å². The minimum atomic E-state index is -1.29. The third-order valence-electron chi connectivity index (χ3n) is 7.69. The van der Waals surface area contributed by atoms with Crippen molar-refractivity contribution >= 4 is 29.5 Å². The summed E-state index contributed by atoms with van der Waals surface area (Å²) in [6.45, 7) is 2.70. The van der Waals surface area contributed by atoms with Gasteiger partial charge in [0.2, 0.25) is 5.91 Å². The first-order chi connectivity index (χ1) is 18.9. The summed E-state index contributed by atoms with van der Waals surface area (Å²) in [6, 6.07) is 12.3. The van der Waals surface area contributed by atoms with Crippen molar-refractivity contribution in [2.24, 2.45) is 5.92 Å². The molecule has 2 amide bonds. The van der Waals surface area contributed by atoms with Gasteiger partial charge in [0.1, 0.15) is 0 Å². The number of amides is 2. The molecule has 40 heavy (non-hydrogen) atoms. The van der Waals surface area contributed by atoms with Crippen LogP contribution >= 0.6 is 11.8 Å². The van der Waals surface area contributed by atoms with Crippen molar-refractivity contribution in [1.82, 2.24) is 10.6 Å². The fraction of sp³-hybridized carbons (Fsp3) is 0.531. The van der Waals surface area contributed by atoms with Crippen molar-refractivity contribution in [3.8, 4) is 11.1 Å². The normalized spacial score (nSPS) is 14.2. The minimum absolute atomic E-state index is 0. The molecule has 1 atom stereocenters. The smallest absolute Gasteiger partial charge is 0.548 e. The Hall–Kier alpha value is -2.20. The van der Waals surface area contributed by atoms with Crippen molar-refractivity contribution < 1.29 is 38.4 Å². The van der Waals surface area contributed by atoms with Crippen LogP contribution in [0.3, 0.4) is 0 Å². The van der Waals surface area contributed by atoms with Gasteiger partial charge in [0, 0.05) is 18.5 Å². The molecule has 6 nitrogen and oxygen atoms in total. The van der Waals surface area contributed by atoms with Gasteiger partial charge in [0.15, 0.2) is 0 Å². The molecule has 0 aliphatic heterocycles. The van der Waals surface area contributed by atoms with Crippen LogP contribution in [-0.2, 0) is 16.0 Å². The molecular weight excluding hydrogens is 515 g/mol. The number of benzene rings is 2. The van der Waals surface area contributed by atoms with Crippen LogP contribution in [0.5, 0.6) is 0 Å². The van der Waals surface area contributed by atoms with Crippen LogP contribution in [0.2, 0.25) is 0 Å². The Balaban J connectivity index is 0.00000560. The third kappa shape index (κ3) is 11.0. The van der Waals surface area contributed by atoms with Crippen molar-refractivity contribution in [3.05, 3.63) is 59.2 Å². The van der Waals surface area contributed by atoms with E-state index in [2.05, 4.69) is 10.6 Å². The van der Waals surface area contributed by atoms with Gasteiger partial charge in [-0.05, 0) is 72.4 Å². The fourth-order valence-electron chi connectivity index (χ4n) is 5.37. The molecule has 3 rings (SSSR count). The van der Waals surface area contributed by atoms with E-state index in [1.807, 2.05) is 49.6 Å². The van der Waals surface area contributed by atoms with Gasteiger partial charge in [0.05, 0.1) is 12.0 Å². The average Bonchev–Trinajstić information content (AvgIpc) is 2.94. The minimum Gasteiger partial charge on any atom is -0.548 e. The summed E-state index contributed by atoms with van der Waals surface area (Å²) in [5.41, 5.74) is 4.00. The number of carboxylic acid groups (broad SMARTS) is 1. The molecule has 1 saturated carbocycles. The van der Waals surface area contributed by atoms with Gasteiger partial charge >= 0.3 is 18.9 Å². The zero-order chi connectivity index (χ0) is 28.0.